The lowest BCUT2D eigenvalue weighted by Crippen LogP contribution is -2.55. The molecule has 0 aromatic carbocycles. The van der Waals surface area contributed by atoms with Gasteiger partial charge in [0.05, 0.1) is 6.10 Å². The van der Waals surface area contributed by atoms with Gasteiger partial charge in [-0.05, 0) is 25.0 Å². The fraction of sp³-hybridized carbons (Fsp3) is 1.00. The Morgan fingerprint density at radius 1 is 1.29 bits per heavy atom. The van der Waals surface area contributed by atoms with E-state index in [1.165, 1.54) is 0 Å². The highest BCUT2D eigenvalue weighted by Gasteiger charge is 2.38. The SMILES string of the molecule is O=S(=O)(N1CCNCC1)N(CC1CCCO1)C1CCSC1. The highest BCUT2D eigenvalue weighted by atomic mass is 32.2. The first-order chi connectivity index (χ1) is 10.2. The average Bonchev–Trinajstić information content (AvgIpc) is 3.19. The van der Waals surface area contributed by atoms with Gasteiger partial charge in [0.25, 0.3) is 10.2 Å². The Kier molecular flexibility index (Phi) is 5.45. The third-order valence-corrected chi connectivity index (χ3v) is 7.62. The van der Waals surface area contributed by atoms with Crippen LogP contribution in [0.15, 0.2) is 0 Å². The van der Waals surface area contributed by atoms with Gasteiger partial charge >= 0.3 is 0 Å². The quantitative estimate of drug-likeness (QED) is 0.773. The lowest BCUT2D eigenvalue weighted by Gasteiger charge is -2.36. The van der Waals surface area contributed by atoms with E-state index in [-0.39, 0.29) is 12.1 Å². The normalized spacial score (nSPS) is 32.0. The Labute approximate surface area is 131 Å². The van der Waals surface area contributed by atoms with E-state index in [1.54, 1.807) is 8.61 Å². The Bertz CT molecular complexity index is 428. The summed E-state index contributed by atoms with van der Waals surface area (Å²) in [6, 6.07) is 0.138. The van der Waals surface area contributed by atoms with Crippen molar-refractivity contribution in [2.75, 3.05) is 50.8 Å². The van der Waals surface area contributed by atoms with Crippen LogP contribution in [0.2, 0.25) is 0 Å². The van der Waals surface area contributed by atoms with E-state index in [2.05, 4.69) is 5.32 Å². The van der Waals surface area contributed by atoms with Gasteiger partial charge < -0.3 is 10.1 Å². The molecule has 0 aromatic heterocycles. The molecule has 0 spiro atoms. The van der Waals surface area contributed by atoms with Crippen LogP contribution in [-0.2, 0) is 14.9 Å². The molecule has 0 saturated carbocycles. The van der Waals surface area contributed by atoms with Crippen LogP contribution in [0.5, 0.6) is 0 Å². The van der Waals surface area contributed by atoms with Crippen LogP contribution < -0.4 is 5.32 Å². The predicted molar refractivity (Wildman–Crippen MR) is 84.8 cm³/mol. The number of piperazine rings is 1. The molecule has 8 heteroatoms. The molecule has 21 heavy (non-hydrogen) atoms. The van der Waals surface area contributed by atoms with E-state index >= 15 is 0 Å². The Balaban J connectivity index is 1.75. The number of hydrogen-bond donors (Lipinski definition) is 1. The third-order valence-electron chi connectivity index (χ3n) is 4.42. The standard InChI is InChI=1S/C13H25N3O3S2/c17-21(18,15-6-4-14-5-7-15)16(12-3-9-20-11-12)10-13-2-1-8-19-13/h12-14H,1-11H2. The fourth-order valence-corrected chi connectivity index (χ4v) is 6.36. The van der Waals surface area contributed by atoms with Crippen molar-refractivity contribution in [1.29, 1.82) is 0 Å². The van der Waals surface area contributed by atoms with Gasteiger partial charge in [-0.1, -0.05) is 0 Å². The zero-order valence-corrected chi connectivity index (χ0v) is 14.0. The van der Waals surface area contributed by atoms with Crippen LogP contribution in [0.3, 0.4) is 0 Å². The molecule has 3 heterocycles. The van der Waals surface area contributed by atoms with Crippen LogP contribution in [0.1, 0.15) is 19.3 Å². The first-order valence-electron chi connectivity index (χ1n) is 7.85. The van der Waals surface area contributed by atoms with E-state index in [0.29, 0.717) is 19.6 Å². The second-order valence-corrected chi connectivity index (χ2v) is 8.91. The molecule has 0 bridgehead atoms. The predicted octanol–water partition coefficient (Wildman–Crippen LogP) is 0.123. The molecule has 0 aliphatic carbocycles. The van der Waals surface area contributed by atoms with Crippen LogP contribution in [0.25, 0.3) is 0 Å². The number of thioether (sulfide) groups is 1. The van der Waals surface area contributed by atoms with Gasteiger partial charge in [-0.25, -0.2) is 0 Å². The maximum absolute atomic E-state index is 13.0. The first kappa shape index (κ1) is 16.0. The lowest BCUT2D eigenvalue weighted by molar-refractivity contribution is 0.0855. The van der Waals surface area contributed by atoms with Crippen molar-refractivity contribution in [2.24, 2.45) is 0 Å². The number of nitrogens with zero attached hydrogens (tertiary/aromatic N) is 2. The maximum Gasteiger partial charge on any atom is 0.282 e. The second kappa shape index (κ2) is 7.14. The van der Waals surface area contributed by atoms with Crippen molar-refractivity contribution < 1.29 is 13.2 Å². The van der Waals surface area contributed by atoms with Crippen LogP contribution >= 0.6 is 11.8 Å². The summed E-state index contributed by atoms with van der Waals surface area (Å²) in [5.74, 6) is 1.97. The van der Waals surface area contributed by atoms with Crippen molar-refractivity contribution in [3.8, 4) is 0 Å². The minimum absolute atomic E-state index is 0.0771. The van der Waals surface area contributed by atoms with E-state index in [4.69, 9.17) is 4.74 Å². The summed E-state index contributed by atoms with van der Waals surface area (Å²) in [6.07, 6.45) is 3.06. The number of hydrogen-bond acceptors (Lipinski definition) is 5. The van der Waals surface area contributed by atoms with Gasteiger partial charge in [-0.3, -0.25) is 0 Å². The van der Waals surface area contributed by atoms with E-state index in [1.807, 2.05) is 11.8 Å². The van der Waals surface area contributed by atoms with Crippen molar-refractivity contribution in [3.05, 3.63) is 0 Å². The lowest BCUT2D eigenvalue weighted by atomic mass is 10.2. The molecule has 2 unspecified atom stereocenters. The van der Waals surface area contributed by atoms with Gasteiger partial charge in [0.1, 0.15) is 0 Å². The van der Waals surface area contributed by atoms with Crippen LogP contribution in [0.4, 0.5) is 0 Å². The molecule has 3 aliphatic rings. The smallest absolute Gasteiger partial charge is 0.282 e. The number of nitrogens with one attached hydrogen (secondary N) is 1. The van der Waals surface area contributed by atoms with Crippen molar-refractivity contribution in [1.82, 2.24) is 13.9 Å². The summed E-state index contributed by atoms with van der Waals surface area (Å²) < 4.78 is 35.1. The molecule has 6 nitrogen and oxygen atoms in total. The molecule has 3 rings (SSSR count). The minimum Gasteiger partial charge on any atom is -0.377 e. The zero-order valence-electron chi connectivity index (χ0n) is 12.4. The number of rotatable bonds is 5. The van der Waals surface area contributed by atoms with Crippen molar-refractivity contribution in [2.45, 2.75) is 31.4 Å². The maximum atomic E-state index is 13.0. The second-order valence-electron chi connectivity index (χ2n) is 5.88. The molecule has 122 valence electrons. The summed E-state index contributed by atoms with van der Waals surface area (Å²) >= 11 is 1.85. The van der Waals surface area contributed by atoms with Gasteiger partial charge in [-0.2, -0.15) is 28.8 Å². The topological polar surface area (TPSA) is 61.9 Å². The molecular formula is C13H25N3O3S2. The van der Waals surface area contributed by atoms with Crippen molar-refractivity contribution in [3.63, 3.8) is 0 Å². The third kappa shape index (κ3) is 3.73. The molecular weight excluding hydrogens is 310 g/mol. The fourth-order valence-electron chi connectivity index (χ4n) is 3.19. The number of ether oxygens (including phenoxy) is 1. The van der Waals surface area contributed by atoms with Crippen LogP contribution in [-0.4, -0.2) is 80.0 Å². The summed E-state index contributed by atoms with van der Waals surface area (Å²) in [5, 5.41) is 3.21. The Morgan fingerprint density at radius 3 is 2.71 bits per heavy atom. The molecule has 0 amide bonds. The molecule has 3 fully saturated rings. The highest BCUT2D eigenvalue weighted by Crippen LogP contribution is 2.28. The molecule has 1 N–H and O–H groups in total. The van der Waals surface area contributed by atoms with Crippen molar-refractivity contribution >= 4 is 22.0 Å². The summed E-state index contributed by atoms with van der Waals surface area (Å²) in [7, 11) is -3.36. The van der Waals surface area contributed by atoms with Gasteiger partial charge in [-0.15, -0.1) is 0 Å². The molecule has 3 aliphatic heterocycles. The average molecular weight is 335 g/mol. The van der Waals surface area contributed by atoms with E-state index in [9.17, 15) is 8.42 Å². The highest BCUT2D eigenvalue weighted by molar-refractivity contribution is 7.99. The minimum atomic E-state index is -3.36. The summed E-state index contributed by atoms with van der Waals surface area (Å²) in [4.78, 5) is 0. The Hall–Kier alpha value is 0.140. The molecule has 0 radical (unpaired) electrons. The largest absolute Gasteiger partial charge is 0.377 e. The first-order valence-corrected chi connectivity index (χ1v) is 10.4. The van der Waals surface area contributed by atoms with E-state index < -0.39 is 10.2 Å². The molecule has 2 atom stereocenters. The summed E-state index contributed by atoms with van der Waals surface area (Å²) in [6.45, 7) is 3.93. The van der Waals surface area contributed by atoms with E-state index in [0.717, 1.165) is 50.5 Å². The monoisotopic (exact) mass is 335 g/mol. The van der Waals surface area contributed by atoms with Gasteiger partial charge in [0.15, 0.2) is 0 Å². The molecule has 3 saturated heterocycles. The van der Waals surface area contributed by atoms with Gasteiger partial charge in [0, 0.05) is 51.1 Å². The van der Waals surface area contributed by atoms with Crippen LogP contribution in [0, 0.1) is 0 Å². The molecule has 0 aromatic rings. The van der Waals surface area contributed by atoms with Gasteiger partial charge in [0.2, 0.25) is 0 Å². The summed E-state index contributed by atoms with van der Waals surface area (Å²) in [5.41, 5.74) is 0. The zero-order chi connectivity index (χ0) is 14.7. The Morgan fingerprint density at radius 2 is 2.10 bits per heavy atom.